The first-order valence-corrected chi connectivity index (χ1v) is 59.3. The molecule has 10 aromatic rings. The van der Waals surface area contributed by atoms with Gasteiger partial charge < -0.3 is 39.2 Å². The summed E-state index contributed by atoms with van der Waals surface area (Å²) in [5, 5.41) is 0. The highest BCUT2D eigenvalue weighted by molar-refractivity contribution is 14.2. The summed E-state index contributed by atoms with van der Waals surface area (Å²) in [6.45, 7) is 91.0. The van der Waals surface area contributed by atoms with Gasteiger partial charge in [-0.1, -0.05) is 344 Å². The maximum Gasteiger partial charge on any atom is 0.0989 e. The van der Waals surface area contributed by atoms with E-state index in [-0.39, 0.29) is 0 Å². The van der Waals surface area contributed by atoms with Crippen LogP contribution in [0.5, 0.6) is 0 Å². The van der Waals surface area contributed by atoms with Crippen molar-refractivity contribution in [1.82, 2.24) is 0 Å². The number of hydrogen-bond donors (Lipinski definition) is 0. The summed E-state index contributed by atoms with van der Waals surface area (Å²) >= 11 is 9.37. The van der Waals surface area contributed by atoms with Crippen LogP contribution in [0, 0.1) is 135 Å². The Balaban J connectivity index is 0.000000223. The van der Waals surface area contributed by atoms with E-state index in [4.69, 9.17) is 0 Å². The average molecular weight is 2310 g/mol. The number of halogens is 4. The number of benzene rings is 10. The molecule has 4 aliphatic heterocycles. The molecule has 0 aromatic heterocycles. The predicted octanol–water partition coefficient (Wildman–Crippen LogP) is 37.4. The van der Waals surface area contributed by atoms with Gasteiger partial charge in [-0.15, -0.1) is 0 Å². The molecule has 0 atom stereocenters. The largest absolute Gasteiger partial charge is 0.352 e. The highest BCUT2D eigenvalue weighted by atomic mass is 127. The van der Waals surface area contributed by atoms with Gasteiger partial charge >= 0.3 is 0 Å². The number of hydrogen-bond acceptors (Lipinski definition) is 10. The third kappa shape index (κ3) is 31.6. The lowest BCUT2D eigenvalue weighted by Crippen LogP contribution is -2.28. The van der Waals surface area contributed by atoms with Crippen LogP contribution in [0.15, 0.2) is 169 Å². The van der Waals surface area contributed by atoms with Crippen LogP contribution < -0.4 is 39.2 Å². The monoisotopic (exact) mass is 2310 g/mol. The van der Waals surface area contributed by atoms with E-state index in [1.54, 1.807) is 8.93 Å². The highest BCUT2D eigenvalue weighted by Gasteiger charge is 2.33. The van der Waals surface area contributed by atoms with Crippen LogP contribution >= 0.6 is 105 Å². The standard InChI is InChI=1S/C28H40N2.C27H40N2.C21H28N2.C21H26N2.C9H11IS.C9H11I.C3H7IS.C3H7I/c1-18(2)23-11-10-12-24(19(3)4)27(23)29-13-14-30(17-29)28-25(20(5)6)15-22(9)16-26(28)21(7)8;1-18(2)22-11-9-12-23(19(3)4)26(22)28-15-16-29(17-28)27-24(20(5)6)13-10-14-25(27)21(7)8;2*1-14-9-16(3)20(17(4)10-14)22-7-8-23(13-22)21-18(5)11-15(2)12-19(21)6;1-6-4-7(2)9(11-10)8(3)5-6;1-6-4-7(2)9(10)8(3)5-6;1-2-3-5-4;1-2-3-4/h10-16,18-21H,17H2,1-9H3;9-14,18-21H,15-17H2,1-8H3;9-12H,7-8,13H2,1-6H3;7-12H,13H2,1-6H3;4-5H,1-3H3;4-5H,1-3H3;2-3H2,1H3;2-3H2,1H3. The van der Waals surface area contributed by atoms with Crippen molar-refractivity contribution >= 4 is 151 Å². The van der Waals surface area contributed by atoms with Crippen LogP contribution in [-0.4, -0.2) is 63.0 Å². The van der Waals surface area contributed by atoms with Crippen molar-refractivity contribution in [2.24, 2.45) is 0 Å². The number of nitrogens with zero attached hydrogens (tertiary/aromatic N) is 8. The van der Waals surface area contributed by atoms with Crippen molar-refractivity contribution in [3.63, 3.8) is 0 Å². The molecule has 734 valence electrons. The summed E-state index contributed by atoms with van der Waals surface area (Å²) in [5.41, 5.74) is 48.9. The number of rotatable bonds is 20. The SMILES string of the molecule is CC(C)c1cccc(C(C)C)c1N1CCN(c2c(C(C)C)cccc2C(C)C)C1.CCCI.CCCSI.Cc1cc(C(C)C)c(N2C=CN(c3c(C(C)C)cccc3C(C)C)C2)c(C(C)C)c1.Cc1cc(C)c(I)c(C)c1.Cc1cc(C)c(N2C=CN(c3c(C)cc(C)cc3C)C2)c(C)c1.Cc1cc(C)c(N2CCN(c3c(C)cc(C)cc3C)C2)c(C)c1.Cc1cc(C)c(SI)c(C)c1. The molecule has 0 spiro atoms. The Hall–Kier alpha value is -6.30. The molecule has 0 bridgehead atoms. The molecule has 8 nitrogen and oxygen atoms in total. The minimum atomic E-state index is 0.494. The van der Waals surface area contributed by atoms with Crippen molar-refractivity contribution in [3.8, 4) is 0 Å². The summed E-state index contributed by atoms with van der Waals surface area (Å²) in [6, 6.07) is 52.5. The smallest absolute Gasteiger partial charge is 0.0989 e. The van der Waals surface area contributed by atoms with E-state index in [9.17, 15) is 0 Å². The fourth-order valence-corrected chi connectivity index (χ4v) is 24.3. The van der Waals surface area contributed by atoms with Gasteiger partial charge in [0.15, 0.2) is 0 Å². The van der Waals surface area contributed by atoms with Gasteiger partial charge in [-0.05, 0) is 351 Å². The molecule has 135 heavy (non-hydrogen) atoms. The molecule has 14 heteroatoms. The van der Waals surface area contributed by atoms with Gasteiger partial charge in [0.25, 0.3) is 0 Å². The molecule has 2 saturated heterocycles. The van der Waals surface area contributed by atoms with Crippen LogP contribution in [0.2, 0.25) is 0 Å². The molecule has 0 radical (unpaired) electrons. The fraction of sp³-hybridized carbons (Fsp3) is 0.471. The molecule has 4 heterocycles. The first-order chi connectivity index (χ1) is 63.6. The van der Waals surface area contributed by atoms with E-state index in [2.05, 4.69) is 547 Å². The number of para-hydroxylation sites is 3. The summed E-state index contributed by atoms with van der Waals surface area (Å²) < 4.78 is 2.68. The Morgan fingerprint density at radius 2 is 0.467 bits per heavy atom. The van der Waals surface area contributed by atoms with Gasteiger partial charge in [-0.3, -0.25) is 0 Å². The average Bonchev–Trinajstić information content (AvgIpc) is 1.68. The third-order valence-corrected chi connectivity index (χ3v) is 32.5. The molecular weight excluding hydrogens is 2140 g/mol. The van der Waals surface area contributed by atoms with E-state index in [1.807, 2.05) is 8.93 Å². The minimum absolute atomic E-state index is 0.494. The van der Waals surface area contributed by atoms with E-state index in [0.29, 0.717) is 47.3 Å². The van der Waals surface area contributed by atoms with E-state index in [1.165, 1.54) is 227 Å². The van der Waals surface area contributed by atoms with Crippen molar-refractivity contribution < 1.29 is 0 Å². The molecule has 0 N–H and O–H groups in total. The summed E-state index contributed by atoms with van der Waals surface area (Å²) in [7, 11) is 3.67. The normalized spacial score (nSPS) is 13.4. The highest BCUT2D eigenvalue weighted by Crippen LogP contribution is 2.46. The molecule has 0 aliphatic carbocycles. The van der Waals surface area contributed by atoms with Crippen LogP contribution in [0.3, 0.4) is 0 Å². The maximum absolute atomic E-state index is 2.63. The lowest BCUT2D eigenvalue weighted by molar-refractivity contribution is 0.797. The van der Waals surface area contributed by atoms with Crippen molar-refractivity contribution in [2.75, 3.05) is 102 Å². The minimum Gasteiger partial charge on any atom is -0.352 e. The van der Waals surface area contributed by atoms with Crippen LogP contribution in [0.25, 0.3) is 0 Å². The van der Waals surface area contributed by atoms with Crippen LogP contribution in [0.1, 0.15) is 335 Å². The quantitative estimate of drug-likeness (QED) is 0.0542. The molecular formula is C121H170I4N8S2. The molecule has 0 saturated carbocycles. The second-order valence-corrected chi connectivity index (χ2v) is 47.5. The second-order valence-electron chi connectivity index (χ2n) is 41.0. The predicted molar refractivity (Wildman–Crippen MR) is 643 cm³/mol. The zero-order chi connectivity index (χ0) is 101. The second kappa shape index (κ2) is 54.6. The number of anilines is 8. The third-order valence-electron chi connectivity index (χ3n) is 25.7. The van der Waals surface area contributed by atoms with E-state index in [0.717, 1.165) is 52.9 Å². The topological polar surface area (TPSA) is 25.9 Å². The van der Waals surface area contributed by atoms with Crippen molar-refractivity contribution in [3.05, 3.63) is 318 Å². The molecule has 0 amide bonds. The molecule has 2 fully saturated rings. The van der Waals surface area contributed by atoms with Crippen LogP contribution in [0.4, 0.5) is 45.5 Å². The van der Waals surface area contributed by atoms with Gasteiger partial charge in [-0.2, -0.15) is 0 Å². The maximum atomic E-state index is 2.63. The zero-order valence-electron chi connectivity index (χ0n) is 90.1. The van der Waals surface area contributed by atoms with E-state index < -0.39 is 0 Å². The summed E-state index contributed by atoms with van der Waals surface area (Å²) in [5.74, 6) is 5.41. The summed E-state index contributed by atoms with van der Waals surface area (Å²) in [6.07, 6.45) is 11.6. The molecule has 10 aromatic carbocycles. The Bertz CT molecular complexity index is 5150. The van der Waals surface area contributed by atoms with Gasteiger partial charge in [0.1, 0.15) is 0 Å². The Kier molecular flexibility index (Phi) is 46.8. The Morgan fingerprint density at radius 3 is 0.689 bits per heavy atom. The van der Waals surface area contributed by atoms with Gasteiger partial charge in [0.05, 0.1) is 26.7 Å². The summed E-state index contributed by atoms with van der Waals surface area (Å²) in [4.78, 5) is 21.4. The van der Waals surface area contributed by atoms with Gasteiger partial charge in [-0.25, -0.2) is 0 Å². The first-order valence-electron chi connectivity index (χ1n) is 49.8. The van der Waals surface area contributed by atoms with Gasteiger partial charge in [0.2, 0.25) is 0 Å². The fourth-order valence-electron chi connectivity index (χ4n) is 20.1. The number of alkyl halides is 1. The molecule has 14 rings (SSSR count). The van der Waals surface area contributed by atoms with E-state index >= 15 is 0 Å². The molecule has 4 aliphatic rings. The number of aryl methyl sites for hydroxylation is 19. The van der Waals surface area contributed by atoms with Crippen LogP contribution in [-0.2, 0) is 0 Å². The molecule has 0 unspecified atom stereocenters. The lowest BCUT2D eigenvalue weighted by Gasteiger charge is -2.31. The van der Waals surface area contributed by atoms with Crippen molar-refractivity contribution in [2.45, 2.75) is 321 Å². The first kappa shape index (κ1) is 116. The Morgan fingerprint density at radius 1 is 0.259 bits per heavy atom. The lowest BCUT2D eigenvalue weighted by atomic mass is 9.90. The zero-order valence-corrected chi connectivity index (χ0v) is 100. The Labute approximate surface area is 883 Å². The van der Waals surface area contributed by atoms with Gasteiger partial charge in [0, 0.05) is 132 Å². The van der Waals surface area contributed by atoms with Crippen molar-refractivity contribution in [1.29, 1.82) is 0 Å².